The second-order valence-corrected chi connectivity index (χ2v) is 10.8. The van der Waals surface area contributed by atoms with Gasteiger partial charge in [0.15, 0.2) is 11.5 Å². The van der Waals surface area contributed by atoms with E-state index in [1.165, 1.54) is 6.20 Å². The highest BCUT2D eigenvalue weighted by Gasteiger charge is 2.37. The number of aromatic nitrogens is 3. The summed E-state index contributed by atoms with van der Waals surface area (Å²) in [6.45, 7) is 5.31. The SMILES string of the molecule is Cc1cccnc1-n1nc(C(F)(F)F)cc1C(=O)Nc1c(C)cc(I)cc1C(=O)NC1(C)CSC1. The molecule has 3 aromatic rings. The lowest BCUT2D eigenvalue weighted by atomic mass is 10.0. The summed E-state index contributed by atoms with van der Waals surface area (Å²) < 4.78 is 42.1. The van der Waals surface area contributed by atoms with Crippen molar-refractivity contribution in [3.63, 3.8) is 0 Å². The number of alkyl halides is 3. The number of hydrogen-bond acceptors (Lipinski definition) is 5. The van der Waals surface area contributed by atoms with Crippen molar-refractivity contribution >= 4 is 51.9 Å². The van der Waals surface area contributed by atoms with E-state index in [1.54, 1.807) is 49.9 Å². The third-order valence-corrected chi connectivity index (χ3v) is 7.76. The predicted octanol–water partition coefficient (Wildman–Crippen LogP) is 5.00. The molecule has 0 aliphatic carbocycles. The van der Waals surface area contributed by atoms with Crippen molar-refractivity contribution < 1.29 is 22.8 Å². The van der Waals surface area contributed by atoms with E-state index in [1.807, 2.05) is 6.92 Å². The first kappa shape index (κ1) is 25.5. The van der Waals surface area contributed by atoms with Crippen molar-refractivity contribution in [2.45, 2.75) is 32.5 Å². The summed E-state index contributed by atoms with van der Waals surface area (Å²) in [6, 6.07) is 7.37. The minimum absolute atomic E-state index is 0.0980. The van der Waals surface area contributed by atoms with Crippen molar-refractivity contribution in [3.8, 4) is 5.82 Å². The summed E-state index contributed by atoms with van der Waals surface area (Å²) in [5, 5.41) is 9.27. The number of aryl methyl sites for hydroxylation is 2. The van der Waals surface area contributed by atoms with Crippen LogP contribution >= 0.6 is 34.4 Å². The second kappa shape index (κ2) is 9.45. The number of rotatable bonds is 5. The minimum Gasteiger partial charge on any atom is -0.345 e. The molecule has 35 heavy (non-hydrogen) atoms. The smallest absolute Gasteiger partial charge is 0.345 e. The molecule has 0 bridgehead atoms. The molecular formula is C23H21F3IN5O2S. The number of halogens is 4. The van der Waals surface area contributed by atoms with Gasteiger partial charge in [-0.2, -0.15) is 30.0 Å². The fourth-order valence-electron chi connectivity index (χ4n) is 3.63. The molecule has 1 aliphatic rings. The standard InChI is InChI=1S/C23H21F3IN5O2S/c1-12-5-4-6-28-19(12)32-16(9-17(31-32)23(24,25)26)21(34)29-18-13(2)7-14(27)8-15(18)20(33)30-22(3)10-35-11-22/h4-9H,10-11H2,1-3H3,(H,29,34)(H,30,33). The summed E-state index contributed by atoms with van der Waals surface area (Å²) in [4.78, 5) is 30.5. The van der Waals surface area contributed by atoms with Crippen LogP contribution in [-0.2, 0) is 6.18 Å². The molecule has 0 radical (unpaired) electrons. The van der Waals surface area contributed by atoms with E-state index in [0.717, 1.165) is 19.8 Å². The fourth-order valence-corrected chi connectivity index (χ4v) is 5.37. The van der Waals surface area contributed by atoms with Gasteiger partial charge in [0.25, 0.3) is 11.8 Å². The highest BCUT2D eigenvalue weighted by Crippen LogP contribution is 2.32. The van der Waals surface area contributed by atoms with Crippen molar-refractivity contribution in [2.75, 3.05) is 16.8 Å². The molecule has 12 heteroatoms. The number of hydrogen-bond donors (Lipinski definition) is 2. The Hall–Kier alpha value is -2.61. The molecule has 1 aliphatic heterocycles. The quantitative estimate of drug-likeness (QED) is 0.395. The fraction of sp³-hybridized carbons (Fsp3) is 0.304. The van der Waals surface area contributed by atoms with Gasteiger partial charge in [-0.25, -0.2) is 9.67 Å². The van der Waals surface area contributed by atoms with Gasteiger partial charge >= 0.3 is 6.18 Å². The van der Waals surface area contributed by atoms with Gasteiger partial charge in [-0.1, -0.05) is 6.07 Å². The third kappa shape index (κ3) is 5.32. The molecule has 3 heterocycles. The third-order valence-electron chi connectivity index (χ3n) is 5.45. The van der Waals surface area contributed by atoms with E-state index < -0.39 is 17.8 Å². The molecule has 7 nitrogen and oxygen atoms in total. The molecule has 2 aromatic heterocycles. The van der Waals surface area contributed by atoms with Gasteiger partial charge in [-0.15, -0.1) is 0 Å². The van der Waals surface area contributed by atoms with Crippen LogP contribution in [0.4, 0.5) is 18.9 Å². The number of carbonyl (C=O) groups is 2. The van der Waals surface area contributed by atoms with Gasteiger partial charge < -0.3 is 10.6 Å². The van der Waals surface area contributed by atoms with Gasteiger partial charge in [0.1, 0.15) is 5.69 Å². The van der Waals surface area contributed by atoms with Crippen molar-refractivity contribution in [1.29, 1.82) is 0 Å². The van der Waals surface area contributed by atoms with Gasteiger partial charge in [-0.05, 0) is 72.7 Å². The van der Waals surface area contributed by atoms with Gasteiger partial charge in [0.2, 0.25) is 0 Å². The summed E-state index contributed by atoms with van der Waals surface area (Å²) in [7, 11) is 0. The maximum Gasteiger partial charge on any atom is 0.435 e. The monoisotopic (exact) mass is 615 g/mol. The topological polar surface area (TPSA) is 88.9 Å². The van der Waals surface area contributed by atoms with E-state index in [-0.39, 0.29) is 34.2 Å². The Bertz CT molecular complexity index is 1320. The molecule has 1 saturated heterocycles. The Balaban J connectivity index is 1.75. The molecule has 0 atom stereocenters. The molecule has 1 fully saturated rings. The van der Waals surface area contributed by atoms with E-state index in [2.05, 4.69) is 43.3 Å². The summed E-state index contributed by atoms with van der Waals surface area (Å²) in [5.74, 6) is 0.427. The minimum atomic E-state index is -4.76. The van der Waals surface area contributed by atoms with Gasteiger partial charge in [0.05, 0.1) is 16.8 Å². The van der Waals surface area contributed by atoms with E-state index in [0.29, 0.717) is 17.2 Å². The highest BCUT2D eigenvalue weighted by atomic mass is 127. The first-order valence-corrected chi connectivity index (χ1v) is 12.7. The number of amides is 2. The zero-order valence-electron chi connectivity index (χ0n) is 19.0. The highest BCUT2D eigenvalue weighted by molar-refractivity contribution is 14.1. The van der Waals surface area contributed by atoms with Crippen LogP contribution < -0.4 is 10.6 Å². The number of nitrogens with zero attached hydrogens (tertiary/aromatic N) is 3. The molecule has 0 unspecified atom stereocenters. The first-order valence-electron chi connectivity index (χ1n) is 10.5. The molecule has 0 saturated carbocycles. The molecule has 0 spiro atoms. The Kier molecular flexibility index (Phi) is 6.88. The Morgan fingerprint density at radius 3 is 2.46 bits per heavy atom. The normalized spacial score (nSPS) is 14.8. The first-order chi connectivity index (χ1) is 16.4. The van der Waals surface area contributed by atoms with Crippen LogP contribution in [0.5, 0.6) is 0 Å². The van der Waals surface area contributed by atoms with Crippen molar-refractivity contribution in [2.24, 2.45) is 0 Å². The maximum atomic E-state index is 13.5. The second-order valence-electron chi connectivity index (χ2n) is 8.58. The lowest BCUT2D eigenvalue weighted by Crippen LogP contribution is -2.55. The average molecular weight is 615 g/mol. The molecule has 2 amide bonds. The lowest BCUT2D eigenvalue weighted by Gasteiger charge is -2.38. The molecule has 4 rings (SSSR count). The van der Waals surface area contributed by atoms with E-state index in [4.69, 9.17) is 0 Å². The average Bonchev–Trinajstić information content (AvgIpc) is 3.20. The maximum absolute atomic E-state index is 13.5. The van der Waals surface area contributed by atoms with Crippen LogP contribution in [0.3, 0.4) is 0 Å². The van der Waals surface area contributed by atoms with Crippen LogP contribution in [0.25, 0.3) is 5.82 Å². The number of anilines is 1. The van der Waals surface area contributed by atoms with Crippen LogP contribution in [0.2, 0.25) is 0 Å². The summed E-state index contributed by atoms with van der Waals surface area (Å²) in [6.07, 6.45) is -3.35. The van der Waals surface area contributed by atoms with E-state index in [9.17, 15) is 22.8 Å². The number of benzene rings is 1. The van der Waals surface area contributed by atoms with E-state index >= 15 is 0 Å². The molecule has 2 N–H and O–H groups in total. The number of thioether (sulfide) groups is 1. The van der Waals surface area contributed by atoms with Crippen LogP contribution in [0.1, 0.15) is 44.6 Å². The zero-order chi connectivity index (χ0) is 25.5. The Labute approximate surface area is 217 Å². The van der Waals surface area contributed by atoms with Crippen molar-refractivity contribution in [3.05, 3.63) is 68.2 Å². The number of pyridine rings is 1. The Morgan fingerprint density at radius 1 is 1.14 bits per heavy atom. The van der Waals surface area contributed by atoms with Crippen LogP contribution in [-0.4, -0.2) is 43.6 Å². The largest absolute Gasteiger partial charge is 0.435 e. The predicted molar refractivity (Wildman–Crippen MR) is 136 cm³/mol. The van der Waals surface area contributed by atoms with Gasteiger partial charge in [0, 0.05) is 27.3 Å². The lowest BCUT2D eigenvalue weighted by molar-refractivity contribution is -0.141. The molecular weight excluding hydrogens is 594 g/mol. The zero-order valence-corrected chi connectivity index (χ0v) is 21.9. The summed E-state index contributed by atoms with van der Waals surface area (Å²) >= 11 is 3.78. The van der Waals surface area contributed by atoms with Crippen molar-refractivity contribution in [1.82, 2.24) is 20.1 Å². The number of nitrogens with one attached hydrogen (secondary N) is 2. The van der Waals surface area contributed by atoms with Crippen LogP contribution in [0.15, 0.2) is 36.5 Å². The Morgan fingerprint density at radius 2 is 1.86 bits per heavy atom. The van der Waals surface area contributed by atoms with Gasteiger partial charge in [-0.3, -0.25) is 9.59 Å². The summed E-state index contributed by atoms with van der Waals surface area (Å²) in [5.41, 5.74) is -0.338. The molecule has 1 aromatic carbocycles. The number of carbonyl (C=O) groups excluding carboxylic acids is 2. The van der Waals surface area contributed by atoms with Crippen LogP contribution in [0, 0.1) is 17.4 Å². The molecule has 184 valence electrons.